The Morgan fingerprint density at radius 1 is 1.35 bits per heavy atom. The molecule has 0 saturated heterocycles. The summed E-state index contributed by atoms with van der Waals surface area (Å²) in [6, 6.07) is 6.34. The molecule has 6 heteroatoms. The lowest BCUT2D eigenvalue weighted by Crippen LogP contribution is -2.31. The van der Waals surface area contributed by atoms with Gasteiger partial charge in [-0.2, -0.15) is 8.42 Å². The van der Waals surface area contributed by atoms with E-state index in [1.165, 1.54) is 6.92 Å². The van der Waals surface area contributed by atoms with Gasteiger partial charge in [-0.3, -0.25) is 9.35 Å². The summed E-state index contributed by atoms with van der Waals surface area (Å²) >= 11 is 0. The minimum absolute atomic E-state index is 0.348. The Labute approximate surface area is 101 Å². The van der Waals surface area contributed by atoms with Crippen LogP contribution in [0, 0.1) is 6.92 Å². The van der Waals surface area contributed by atoms with Crippen LogP contribution in [0.25, 0.3) is 0 Å². The highest BCUT2D eigenvalue weighted by Crippen LogP contribution is 2.15. The monoisotopic (exact) mass is 257 g/mol. The molecule has 94 valence electrons. The van der Waals surface area contributed by atoms with E-state index in [4.69, 9.17) is 4.55 Å². The summed E-state index contributed by atoms with van der Waals surface area (Å²) in [7, 11) is -4.14. The van der Waals surface area contributed by atoms with Crippen LogP contribution in [-0.4, -0.2) is 24.6 Å². The van der Waals surface area contributed by atoms with Gasteiger partial charge in [-0.05, 0) is 12.5 Å². The fourth-order valence-corrected chi connectivity index (χ4v) is 2.17. The van der Waals surface area contributed by atoms with Crippen molar-refractivity contribution in [2.24, 2.45) is 0 Å². The van der Waals surface area contributed by atoms with Crippen molar-refractivity contribution in [2.45, 2.75) is 19.9 Å². The molecule has 0 fully saturated rings. The summed E-state index contributed by atoms with van der Waals surface area (Å²) in [6.07, 6.45) is 0. The first-order valence-electron chi connectivity index (χ1n) is 5.07. The fraction of sp³-hybridized carbons (Fsp3) is 0.364. The molecule has 0 spiro atoms. The number of carbonyl (C=O) groups excluding carboxylic acids is 1. The quantitative estimate of drug-likeness (QED) is 0.790. The lowest BCUT2D eigenvalue weighted by Gasteiger charge is -2.16. The van der Waals surface area contributed by atoms with E-state index in [2.05, 4.69) is 5.32 Å². The molecule has 0 saturated carbocycles. The van der Waals surface area contributed by atoms with E-state index in [0.717, 1.165) is 5.56 Å². The van der Waals surface area contributed by atoms with Crippen molar-refractivity contribution in [1.82, 2.24) is 5.32 Å². The number of rotatable bonds is 4. The Kier molecular flexibility index (Phi) is 4.25. The van der Waals surface area contributed by atoms with Crippen molar-refractivity contribution < 1.29 is 17.8 Å². The Bertz CT molecular complexity index is 493. The zero-order valence-corrected chi connectivity index (χ0v) is 10.5. The maximum absolute atomic E-state index is 11.0. The summed E-state index contributed by atoms with van der Waals surface area (Å²) in [6.45, 7) is 3.20. The second-order valence-corrected chi connectivity index (χ2v) is 5.41. The molecule has 5 nitrogen and oxygen atoms in total. The normalized spacial score (nSPS) is 13.1. The van der Waals surface area contributed by atoms with Gasteiger partial charge in [0.25, 0.3) is 10.1 Å². The summed E-state index contributed by atoms with van der Waals surface area (Å²) in [4.78, 5) is 11.0. The molecule has 17 heavy (non-hydrogen) atoms. The predicted molar refractivity (Wildman–Crippen MR) is 64.2 cm³/mol. The van der Waals surface area contributed by atoms with Gasteiger partial charge in [0.05, 0.1) is 11.8 Å². The fourth-order valence-electron chi connectivity index (χ4n) is 1.48. The zero-order chi connectivity index (χ0) is 13.1. The molecule has 0 radical (unpaired) electrons. The van der Waals surface area contributed by atoms with Gasteiger partial charge in [-0.25, -0.2) is 0 Å². The number of aryl methyl sites for hydroxylation is 1. The van der Waals surface area contributed by atoms with Gasteiger partial charge in [-0.15, -0.1) is 0 Å². The average Bonchev–Trinajstić information content (AvgIpc) is 2.14. The smallest absolute Gasteiger partial charge is 0.267 e. The Hall–Kier alpha value is -1.40. The summed E-state index contributed by atoms with van der Waals surface area (Å²) in [5.74, 6) is -0.880. The first-order chi connectivity index (χ1) is 7.78. The number of amides is 1. The molecule has 0 aliphatic rings. The van der Waals surface area contributed by atoms with E-state index >= 15 is 0 Å². The second-order valence-electron chi connectivity index (χ2n) is 3.91. The average molecular weight is 257 g/mol. The molecule has 1 rings (SSSR count). The highest BCUT2D eigenvalue weighted by atomic mass is 32.2. The maximum atomic E-state index is 11.0. The lowest BCUT2D eigenvalue weighted by atomic mass is 10.1. The minimum Gasteiger partial charge on any atom is -0.348 e. The zero-order valence-electron chi connectivity index (χ0n) is 9.67. The molecular formula is C11H15NO4S. The molecule has 0 aliphatic carbocycles. The standard InChI is InChI=1S/C11H15NO4S/c1-8-3-5-10(6-4-8)11(12-9(2)13)7-17(14,15)16/h3-6,11H,7H2,1-2H3,(H,12,13)(H,14,15,16). The van der Waals surface area contributed by atoms with Crippen LogP contribution >= 0.6 is 0 Å². The molecule has 0 bridgehead atoms. The minimum atomic E-state index is -4.14. The number of nitrogens with one attached hydrogen (secondary N) is 1. The Morgan fingerprint density at radius 3 is 2.29 bits per heavy atom. The molecule has 1 aromatic carbocycles. The number of hydrogen-bond donors (Lipinski definition) is 2. The van der Waals surface area contributed by atoms with E-state index in [9.17, 15) is 13.2 Å². The third-order valence-corrected chi connectivity index (χ3v) is 2.99. The van der Waals surface area contributed by atoms with Crippen LogP contribution in [0.2, 0.25) is 0 Å². The Morgan fingerprint density at radius 2 is 1.88 bits per heavy atom. The SMILES string of the molecule is CC(=O)NC(CS(=O)(=O)O)c1ccc(C)cc1. The van der Waals surface area contributed by atoms with E-state index in [1.54, 1.807) is 12.1 Å². The topological polar surface area (TPSA) is 83.5 Å². The van der Waals surface area contributed by atoms with Crippen LogP contribution in [0.3, 0.4) is 0 Å². The number of carbonyl (C=O) groups is 1. The van der Waals surface area contributed by atoms with Crippen molar-refractivity contribution in [3.8, 4) is 0 Å². The van der Waals surface area contributed by atoms with Crippen molar-refractivity contribution in [3.63, 3.8) is 0 Å². The molecular weight excluding hydrogens is 242 g/mol. The molecule has 2 N–H and O–H groups in total. The van der Waals surface area contributed by atoms with E-state index < -0.39 is 21.9 Å². The van der Waals surface area contributed by atoms with Crippen LogP contribution in [0.4, 0.5) is 0 Å². The van der Waals surface area contributed by atoms with Gasteiger partial charge < -0.3 is 5.32 Å². The van der Waals surface area contributed by atoms with Crippen LogP contribution < -0.4 is 5.32 Å². The molecule has 0 heterocycles. The van der Waals surface area contributed by atoms with Crippen molar-refractivity contribution >= 4 is 16.0 Å². The molecule has 0 aliphatic heterocycles. The van der Waals surface area contributed by atoms with Crippen LogP contribution in [0.5, 0.6) is 0 Å². The van der Waals surface area contributed by atoms with Crippen LogP contribution in [0.1, 0.15) is 24.1 Å². The summed E-state index contributed by atoms with van der Waals surface area (Å²) in [5.41, 5.74) is 1.67. The molecule has 1 aromatic rings. The summed E-state index contributed by atoms with van der Waals surface area (Å²) < 4.78 is 30.6. The van der Waals surface area contributed by atoms with Gasteiger partial charge in [0.1, 0.15) is 0 Å². The van der Waals surface area contributed by atoms with Gasteiger partial charge in [-0.1, -0.05) is 29.8 Å². The highest BCUT2D eigenvalue weighted by molar-refractivity contribution is 7.85. The van der Waals surface area contributed by atoms with Gasteiger partial charge in [0, 0.05) is 6.92 Å². The van der Waals surface area contributed by atoms with Crippen LogP contribution in [0.15, 0.2) is 24.3 Å². The van der Waals surface area contributed by atoms with E-state index in [1.807, 2.05) is 19.1 Å². The molecule has 1 atom stereocenters. The van der Waals surface area contributed by atoms with Crippen molar-refractivity contribution in [2.75, 3.05) is 5.75 Å². The van der Waals surface area contributed by atoms with Crippen molar-refractivity contribution in [1.29, 1.82) is 0 Å². The first-order valence-corrected chi connectivity index (χ1v) is 6.67. The molecule has 1 unspecified atom stereocenters. The highest BCUT2D eigenvalue weighted by Gasteiger charge is 2.19. The third kappa shape index (κ3) is 4.97. The lowest BCUT2D eigenvalue weighted by molar-refractivity contribution is -0.119. The van der Waals surface area contributed by atoms with Gasteiger partial charge in [0.2, 0.25) is 5.91 Å². The second kappa shape index (κ2) is 5.29. The third-order valence-electron chi connectivity index (χ3n) is 2.23. The van der Waals surface area contributed by atoms with Crippen LogP contribution in [-0.2, 0) is 14.9 Å². The van der Waals surface area contributed by atoms with E-state index in [0.29, 0.717) is 5.56 Å². The molecule has 1 amide bonds. The summed E-state index contributed by atoms with van der Waals surface area (Å²) in [5, 5.41) is 2.49. The number of benzene rings is 1. The van der Waals surface area contributed by atoms with Crippen molar-refractivity contribution in [3.05, 3.63) is 35.4 Å². The maximum Gasteiger partial charge on any atom is 0.267 e. The molecule has 0 aromatic heterocycles. The predicted octanol–water partition coefficient (Wildman–Crippen LogP) is 1.06. The van der Waals surface area contributed by atoms with Gasteiger partial charge >= 0.3 is 0 Å². The van der Waals surface area contributed by atoms with Gasteiger partial charge in [0.15, 0.2) is 0 Å². The largest absolute Gasteiger partial charge is 0.348 e. The van der Waals surface area contributed by atoms with E-state index in [-0.39, 0.29) is 5.91 Å². The first kappa shape index (κ1) is 13.7. The Balaban J connectivity index is 2.97. The number of hydrogen-bond acceptors (Lipinski definition) is 3.